The van der Waals surface area contributed by atoms with E-state index >= 15 is 0 Å². The fourth-order valence-corrected chi connectivity index (χ4v) is 3.45. The molecule has 8 heteroatoms. The van der Waals surface area contributed by atoms with Crippen molar-refractivity contribution < 1.29 is 27.5 Å². The molecule has 160 valence electrons. The maximum absolute atomic E-state index is 12.7. The number of nitrogens with one attached hydrogen (secondary N) is 1. The highest BCUT2D eigenvalue weighted by molar-refractivity contribution is 5.94. The number of ether oxygens (including phenoxy) is 1. The minimum atomic E-state index is -4.43. The van der Waals surface area contributed by atoms with Crippen LogP contribution in [-0.4, -0.2) is 36.9 Å². The molecule has 5 nitrogen and oxygen atoms in total. The summed E-state index contributed by atoms with van der Waals surface area (Å²) in [7, 11) is 1.58. The first-order valence-corrected chi connectivity index (χ1v) is 9.65. The molecule has 0 aliphatic carbocycles. The third-order valence-corrected chi connectivity index (χ3v) is 5.21. The first-order chi connectivity index (χ1) is 14.3. The molecule has 0 unspecified atom stereocenters. The Kier molecular flexibility index (Phi) is 6.64. The van der Waals surface area contributed by atoms with E-state index in [1.54, 1.807) is 12.0 Å². The normalized spacial score (nSPS) is 15.0. The van der Waals surface area contributed by atoms with Crippen LogP contribution in [-0.2, 0) is 17.5 Å². The number of halogens is 3. The Labute approximate surface area is 172 Å². The second-order valence-electron chi connectivity index (χ2n) is 7.21. The number of hydrogen-bond acceptors (Lipinski definition) is 3. The number of methoxy groups -OCH3 is 1. The quantitative estimate of drug-likeness (QED) is 0.799. The SMILES string of the molecule is COc1cccc(CNC(=O)C2CCN(C(=O)c3ccc(C(F)(F)F)cc3)CC2)c1. The van der Waals surface area contributed by atoms with Crippen LogP contribution in [0.1, 0.15) is 34.3 Å². The summed E-state index contributed by atoms with van der Waals surface area (Å²) in [5.74, 6) is 0.127. The van der Waals surface area contributed by atoms with Gasteiger partial charge >= 0.3 is 6.18 Å². The molecule has 1 aliphatic heterocycles. The number of nitrogens with zero attached hydrogens (tertiary/aromatic N) is 1. The number of alkyl halides is 3. The summed E-state index contributed by atoms with van der Waals surface area (Å²) in [5, 5.41) is 2.91. The second kappa shape index (κ2) is 9.19. The number of benzene rings is 2. The van der Waals surface area contributed by atoms with Crippen molar-refractivity contribution in [2.24, 2.45) is 5.92 Å². The zero-order valence-electron chi connectivity index (χ0n) is 16.5. The van der Waals surface area contributed by atoms with Crippen LogP contribution in [0.5, 0.6) is 5.75 Å². The minimum Gasteiger partial charge on any atom is -0.497 e. The van der Waals surface area contributed by atoms with E-state index in [0.29, 0.717) is 32.5 Å². The van der Waals surface area contributed by atoms with E-state index in [1.165, 1.54) is 12.1 Å². The molecule has 1 saturated heterocycles. The maximum Gasteiger partial charge on any atom is 0.416 e. The van der Waals surface area contributed by atoms with Gasteiger partial charge in [0, 0.05) is 31.1 Å². The maximum atomic E-state index is 12.7. The highest BCUT2D eigenvalue weighted by Gasteiger charge is 2.31. The smallest absolute Gasteiger partial charge is 0.416 e. The topological polar surface area (TPSA) is 58.6 Å². The third kappa shape index (κ3) is 5.31. The average molecular weight is 420 g/mol. The van der Waals surface area contributed by atoms with Crippen LogP contribution in [0.15, 0.2) is 48.5 Å². The van der Waals surface area contributed by atoms with Gasteiger partial charge in [-0.25, -0.2) is 0 Å². The Morgan fingerprint density at radius 3 is 2.37 bits per heavy atom. The van der Waals surface area contributed by atoms with Gasteiger partial charge in [0.05, 0.1) is 12.7 Å². The zero-order chi connectivity index (χ0) is 21.7. The van der Waals surface area contributed by atoms with Crippen LogP contribution >= 0.6 is 0 Å². The molecule has 1 heterocycles. The van der Waals surface area contributed by atoms with E-state index in [2.05, 4.69) is 5.32 Å². The Morgan fingerprint density at radius 2 is 1.77 bits per heavy atom. The Bertz CT molecular complexity index is 889. The van der Waals surface area contributed by atoms with Crippen LogP contribution in [0.4, 0.5) is 13.2 Å². The summed E-state index contributed by atoms with van der Waals surface area (Å²) in [6.45, 7) is 1.16. The lowest BCUT2D eigenvalue weighted by Crippen LogP contribution is -2.42. The van der Waals surface area contributed by atoms with E-state index in [1.807, 2.05) is 24.3 Å². The Balaban J connectivity index is 1.50. The minimum absolute atomic E-state index is 0.0700. The van der Waals surface area contributed by atoms with E-state index in [9.17, 15) is 22.8 Å². The number of rotatable bonds is 5. The van der Waals surface area contributed by atoms with E-state index in [0.717, 1.165) is 23.4 Å². The van der Waals surface area contributed by atoms with Crippen LogP contribution in [0.2, 0.25) is 0 Å². The van der Waals surface area contributed by atoms with E-state index < -0.39 is 11.7 Å². The molecule has 30 heavy (non-hydrogen) atoms. The molecule has 1 aliphatic rings. The van der Waals surface area contributed by atoms with Gasteiger partial charge in [-0.05, 0) is 54.8 Å². The molecule has 1 N–H and O–H groups in total. The summed E-state index contributed by atoms with van der Waals surface area (Å²) in [6.07, 6.45) is -3.41. The van der Waals surface area contributed by atoms with Crippen molar-refractivity contribution in [3.8, 4) is 5.75 Å². The van der Waals surface area contributed by atoms with Gasteiger partial charge in [-0.15, -0.1) is 0 Å². The molecule has 0 saturated carbocycles. The van der Waals surface area contributed by atoms with Gasteiger partial charge in [0.1, 0.15) is 5.75 Å². The van der Waals surface area contributed by atoms with Gasteiger partial charge < -0.3 is 15.0 Å². The largest absolute Gasteiger partial charge is 0.497 e. The first-order valence-electron chi connectivity index (χ1n) is 9.65. The predicted molar refractivity (Wildman–Crippen MR) is 105 cm³/mol. The van der Waals surface area contributed by atoms with E-state index in [-0.39, 0.29) is 23.3 Å². The second-order valence-corrected chi connectivity index (χ2v) is 7.21. The summed E-state index contributed by atoms with van der Waals surface area (Å²) in [4.78, 5) is 26.6. The molecule has 0 atom stereocenters. The van der Waals surface area contributed by atoms with Crippen molar-refractivity contribution in [1.82, 2.24) is 10.2 Å². The lowest BCUT2D eigenvalue weighted by Gasteiger charge is -2.31. The lowest BCUT2D eigenvalue weighted by atomic mass is 9.95. The molecule has 2 aromatic carbocycles. The molecular weight excluding hydrogens is 397 g/mol. The fraction of sp³-hybridized carbons (Fsp3) is 0.364. The molecule has 0 aromatic heterocycles. The fourth-order valence-electron chi connectivity index (χ4n) is 3.45. The van der Waals surface area contributed by atoms with Gasteiger partial charge in [0.25, 0.3) is 5.91 Å². The zero-order valence-corrected chi connectivity index (χ0v) is 16.5. The molecule has 0 bridgehead atoms. The molecule has 1 fully saturated rings. The molecule has 2 aromatic rings. The molecule has 2 amide bonds. The third-order valence-electron chi connectivity index (χ3n) is 5.21. The summed E-state index contributed by atoms with van der Waals surface area (Å²) < 4.78 is 43.2. The van der Waals surface area contributed by atoms with Crippen molar-refractivity contribution >= 4 is 11.8 Å². The molecular formula is C22H23F3N2O3. The summed E-state index contributed by atoms with van der Waals surface area (Å²) in [5.41, 5.74) is 0.354. The van der Waals surface area contributed by atoms with Crippen LogP contribution in [0.25, 0.3) is 0 Å². The Morgan fingerprint density at radius 1 is 1.10 bits per heavy atom. The first kappa shape index (κ1) is 21.7. The molecule has 0 spiro atoms. The number of carbonyl (C=O) groups is 2. The molecule has 0 radical (unpaired) electrons. The number of carbonyl (C=O) groups excluding carboxylic acids is 2. The van der Waals surface area contributed by atoms with Crippen LogP contribution in [0, 0.1) is 5.92 Å². The molecule has 3 rings (SSSR count). The van der Waals surface area contributed by atoms with Gasteiger partial charge in [-0.2, -0.15) is 13.2 Å². The van der Waals surface area contributed by atoms with Gasteiger partial charge in [-0.3, -0.25) is 9.59 Å². The van der Waals surface area contributed by atoms with Gasteiger partial charge in [0.15, 0.2) is 0 Å². The van der Waals surface area contributed by atoms with Gasteiger partial charge in [-0.1, -0.05) is 12.1 Å². The lowest BCUT2D eigenvalue weighted by molar-refractivity contribution is -0.137. The van der Waals surface area contributed by atoms with Gasteiger partial charge in [0.2, 0.25) is 5.91 Å². The van der Waals surface area contributed by atoms with Crippen molar-refractivity contribution in [2.45, 2.75) is 25.6 Å². The predicted octanol–water partition coefficient (Wildman–Crippen LogP) is 3.88. The number of likely N-dealkylation sites (tertiary alicyclic amines) is 1. The summed E-state index contributed by atoms with van der Waals surface area (Å²) in [6, 6.07) is 11.6. The summed E-state index contributed by atoms with van der Waals surface area (Å²) >= 11 is 0. The van der Waals surface area contributed by atoms with Crippen molar-refractivity contribution in [3.63, 3.8) is 0 Å². The standard InChI is InChI=1S/C22H23F3N2O3/c1-30-19-4-2-3-15(13-19)14-26-20(28)16-9-11-27(12-10-16)21(29)17-5-7-18(8-6-17)22(23,24)25/h2-8,13,16H,9-12,14H2,1H3,(H,26,28). The average Bonchev–Trinajstić information content (AvgIpc) is 2.76. The number of piperidine rings is 1. The van der Waals surface area contributed by atoms with Crippen LogP contribution in [0.3, 0.4) is 0 Å². The monoisotopic (exact) mass is 420 g/mol. The van der Waals surface area contributed by atoms with E-state index in [4.69, 9.17) is 4.74 Å². The van der Waals surface area contributed by atoms with Crippen LogP contribution < -0.4 is 10.1 Å². The highest BCUT2D eigenvalue weighted by atomic mass is 19.4. The number of amides is 2. The number of hydrogen-bond donors (Lipinski definition) is 1. The Hall–Kier alpha value is -3.03. The van der Waals surface area contributed by atoms with Crippen molar-refractivity contribution in [3.05, 3.63) is 65.2 Å². The highest BCUT2D eigenvalue weighted by Crippen LogP contribution is 2.29. The van der Waals surface area contributed by atoms with Crippen molar-refractivity contribution in [1.29, 1.82) is 0 Å². The van der Waals surface area contributed by atoms with Crippen molar-refractivity contribution in [2.75, 3.05) is 20.2 Å².